The van der Waals surface area contributed by atoms with Gasteiger partial charge in [-0.15, -0.1) is 0 Å². The highest BCUT2D eigenvalue weighted by Gasteiger charge is 2.28. The lowest BCUT2D eigenvalue weighted by Gasteiger charge is -2.18. The molecule has 0 aromatic carbocycles. The van der Waals surface area contributed by atoms with Crippen molar-refractivity contribution in [1.82, 2.24) is 9.97 Å². The van der Waals surface area contributed by atoms with Crippen molar-refractivity contribution in [2.75, 3.05) is 18.0 Å². The fourth-order valence-electron chi connectivity index (χ4n) is 2.07. The van der Waals surface area contributed by atoms with Gasteiger partial charge < -0.3 is 4.90 Å². The van der Waals surface area contributed by atoms with E-state index in [0.29, 0.717) is 17.0 Å². The van der Waals surface area contributed by atoms with Gasteiger partial charge in [0.15, 0.2) is 11.0 Å². The molecule has 0 N–H and O–H groups in total. The zero-order valence-electron chi connectivity index (χ0n) is 10.3. The predicted molar refractivity (Wildman–Crippen MR) is 67.1 cm³/mol. The van der Waals surface area contributed by atoms with E-state index in [2.05, 4.69) is 28.7 Å². The van der Waals surface area contributed by atoms with Gasteiger partial charge in [-0.25, -0.2) is 9.97 Å². The molecular formula is C12H18ClN3. The summed E-state index contributed by atoms with van der Waals surface area (Å²) in [5.41, 5.74) is 1.88. The summed E-state index contributed by atoms with van der Waals surface area (Å²) < 4.78 is 0. The summed E-state index contributed by atoms with van der Waals surface area (Å²) in [5.74, 6) is 2.24. The van der Waals surface area contributed by atoms with Crippen molar-refractivity contribution in [3.8, 4) is 0 Å². The maximum absolute atomic E-state index is 6.16. The summed E-state index contributed by atoms with van der Waals surface area (Å²) in [7, 11) is 0. The second-order valence-electron chi connectivity index (χ2n) is 4.87. The molecule has 2 rings (SSSR count). The first-order chi connectivity index (χ1) is 7.49. The largest absolute Gasteiger partial charge is 0.353 e. The second kappa shape index (κ2) is 4.21. The number of aryl methyl sites for hydroxylation is 2. The number of nitrogens with zero attached hydrogens (tertiary/aromatic N) is 3. The van der Waals surface area contributed by atoms with Crippen molar-refractivity contribution in [1.29, 1.82) is 0 Å². The maximum Gasteiger partial charge on any atom is 0.171 e. The van der Waals surface area contributed by atoms with Crippen molar-refractivity contribution < 1.29 is 0 Å². The number of hydrogen-bond acceptors (Lipinski definition) is 3. The molecule has 4 heteroatoms. The summed E-state index contributed by atoms with van der Waals surface area (Å²) in [6, 6.07) is 0. The maximum atomic E-state index is 6.16. The van der Waals surface area contributed by atoms with Crippen LogP contribution in [0.5, 0.6) is 0 Å². The average Bonchev–Trinajstić information content (AvgIpc) is 2.53. The van der Waals surface area contributed by atoms with Gasteiger partial charge in [-0.1, -0.05) is 25.4 Å². The molecule has 2 atom stereocenters. The normalized spacial score (nSPS) is 25.2. The number of rotatable bonds is 1. The molecule has 1 aliphatic heterocycles. The molecule has 88 valence electrons. The van der Waals surface area contributed by atoms with Crippen molar-refractivity contribution in [3.05, 3.63) is 16.5 Å². The zero-order valence-corrected chi connectivity index (χ0v) is 11.0. The monoisotopic (exact) mass is 239 g/mol. The van der Waals surface area contributed by atoms with Gasteiger partial charge >= 0.3 is 0 Å². The topological polar surface area (TPSA) is 29.0 Å². The van der Waals surface area contributed by atoms with Crippen LogP contribution in [-0.4, -0.2) is 23.1 Å². The molecule has 1 saturated heterocycles. The summed E-state index contributed by atoms with van der Waals surface area (Å²) in [5, 5.41) is 0.532. The van der Waals surface area contributed by atoms with Gasteiger partial charge in [0.1, 0.15) is 0 Å². The molecule has 16 heavy (non-hydrogen) atoms. The first-order valence-corrected chi connectivity index (χ1v) is 6.12. The minimum atomic E-state index is 0.532. The SMILES string of the molecule is Cc1nc(Cl)c(N2CC(C)C(C)C2)nc1C. The minimum absolute atomic E-state index is 0.532. The average molecular weight is 240 g/mol. The van der Waals surface area contributed by atoms with E-state index >= 15 is 0 Å². The van der Waals surface area contributed by atoms with E-state index in [0.717, 1.165) is 30.3 Å². The quantitative estimate of drug-likeness (QED) is 0.755. The Hall–Kier alpha value is -0.830. The second-order valence-corrected chi connectivity index (χ2v) is 5.23. The molecule has 1 aromatic rings. The Balaban J connectivity index is 2.31. The summed E-state index contributed by atoms with van der Waals surface area (Å²) in [4.78, 5) is 11.1. The molecule has 0 saturated carbocycles. The summed E-state index contributed by atoms with van der Waals surface area (Å²) in [6.45, 7) is 10.5. The summed E-state index contributed by atoms with van der Waals surface area (Å²) >= 11 is 6.16. The first-order valence-electron chi connectivity index (χ1n) is 5.74. The van der Waals surface area contributed by atoms with E-state index in [1.54, 1.807) is 0 Å². The van der Waals surface area contributed by atoms with Crippen LogP contribution in [0.1, 0.15) is 25.2 Å². The highest BCUT2D eigenvalue weighted by atomic mass is 35.5. The molecule has 2 heterocycles. The van der Waals surface area contributed by atoms with Crippen molar-refractivity contribution in [3.63, 3.8) is 0 Å². The third-order valence-corrected chi connectivity index (χ3v) is 3.79. The molecular weight excluding hydrogens is 222 g/mol. The molecule has 0 radical (unpaired) electrons. The molecule has 0 spiro atoms. The molecule has 0 aliphatic carbocycles. The van der Waals surface area contributed by atoms with Crippen molar-refractivity contribution >= 4 is 17.4 Å². The fraction of sp³-hybridized carbons (Fsp3) is 0.667. The molecule has 3 nitrogen and oxygen atoms in total. The van der Waals surface area contributed by atoms with Gasteiger partial charge in [0.2, 0.25) is 0 Å². The number of hydrogen-bond donors (Lipinski definition) is 0. The first kappa shape index (κ1) is 11.6. The summed E-state index contributed by atoms with van der Waals surface area (Å²) in [6.07, 6.45) is 0. The molecule has 1 aliphatic rings. The van der Waals surface area contributed by atoms with Gasteiger partial charge in [-0.3, -0.25) is 0 Å². The van der Waals surface area contributed by atoms with E-state index < -0.39 is 0 Å². The smallest absolute Gasteiger partial charge is 0.171 e. The van der Waals surface area contributed by atoms with Crippen LogP contribution in [0.2, 0.25) is 5.15 Å². The van der Waals surface area contributed by atoms with Gasteiger partial charge in [-0.2, -0.15) is 0 Å². The Kier molecular flexibility index (Phi) is 3.06. The Morgan fingerprint density at radius 3 is 2.12 bits per heavy atom. The Morgan fingerprint density at radius 1 is 1.06 bits per heavy atom. The van der Waals surface area contributed by atoms with Crippen LogP contribution < -0.4 is 4.90 Å². The molecule has 0 amide bonds. The third kappa shape index (κ3) is 2.01. The molecule has 1 fully saturated rings. The highest BCUT2D eigenvalue weighted by Crippen LogP contribution is 2.30. The van der Waals surface area contributed by atoms with E-state index in [1.165, 1.54) is 0 Å². The lowest BCUT2D eigenvalue weighted by molar-refractivity contribution is 0.494. The lowest BCUT2D eigenvalue weighted by Crippen LogP contribution is -2.22. The van der Waals surface area contributed by atoms with Crippen LogP contribution in [0.15, 0.2) is 0 Å². The van der Waals surface area contributed by atoms with Crippen LogP contribution >= 0.6 is 11.6 Å². The van der Waals surface area contributed by atoms with Gasteiger partial charge in [0.25, 0.3) is 0 Å². The van der Waals surface area contributed by atoms with Crippen LogP contribution in [0.4, 0.5) is 5.82 Å². The standard InChI is InChI=1S/C12H18ClN3/c1-7-5-16(6-8(7)2)12-11(13)14-9(3)10(4)15-12/h7-8H,5-6H2,1-4H3. The zero-order chi connectivity index (χ0) is 11.9. The molecule has 1 aromatic heterocycles. The molecule has 0 bridgehead atoms. The fourth-order valence-corrected chi connectivity index (χ4v) is 2.36. The Bertz CT molecular complexity index is 395. The van der Waals surface area contributed by atoms with Gasteiger partial charge in [0.05, 0.1) is 11.4 Å². The molecule has 2 unspecified atom stereocenters. The third-order valence-electron chi connectivity index (χ3n) is 3.54. The van der Waals surface area contributed by atoms with Gasteiger partial charge in [0, 0.05) is 13.1 Å². The van der Waals surface area contributed by atoms with E-state index in [4.69, 9.17) is 11.6 Å². The Morgan fingerprint density at radius 2 is 1.56 bits per heavy atom. The number of anilines is 1. The van der Waals surface area contributed by atoms with Crippen LogP contribution in [-0.2, 0) is 0 Å². The van der Waals surface area contributed by atoms with Crippen molar-refractivity contribution in [2.45, 2.75) is 27.7 Å². The highest BCUT2D eigenvalue weighted by molar-refractivity contribution is 6.31. The number of aromatic nitrogens is 2. The predicted octanol–water partition coefficient (Wildman–Crippen LogP) is 2.84. The minimum Gasteiger partial charge on any atom is -0.353 e. The van der Waals surface area contributed by atoms with E-state index in [9.17, 15) is 0 Å². The Labute approximate surface area is 102 Å². The lowest BCUT2D eigenvalue weighted by atomic mass is 10.0. The number of halogens is 1. The van der Waals surface area contributed by atoms with Crippen LogP contribution in [0.25, 0.3) is 0 Å². The van der Waals surface area contributed by atoms with E-state index in [1.807, 2.05) is 13.8 Å². The van der Waals surface area contributed by atoms with Crippen LogP contribution in [0, 0.1) is 25.7 Å². The van der Waals surface area contributed by atoms with E-state index in [-0.39, 0.29) is 0 Å². The van der Waals surface area contributed by atoms with Crippen molar-refractivity contribution in [2.24, 2.45) is 11.8 Å². The van der Waals surface area contributed by atoms with Crippen LogP contribution in [0.3, 0.4) is 0 Å². The van der Waals surface area contributed by atoms with Gasteiger partial charge in [-0.05, 0) is 25.7 Å².